The molecule has 0 spiro atoms. The Morgan fingerprint density at radius 1 is 1.50 bits per heavy atom. The molecule has 2 rings (SSSR count). The lowest BCUT2D eigenvalue weighted by molar-refractivity contribution is -0.137. The zero-order valence-electron chi connectivity index (χ0n) is 10.3. The lowest BCUT2D eigenvalue weighted by Crippen LogP contribution is -2.35. The molecule has 1 aromatic rings. The molecule has 0 bridgehead atoms. The van der Waals surface area contributed by atoms with Crippen LogP contribution < -0.4 is 4.90 Å². The van der Waals surface area contributed by atoms with E-state index in [0.29, 0.717) is 5.92 Å². The Morgan fingerprint density at radius 3 is 3.06 bits per heavy atom. The van der Waals surface area contributed by atoms with Gasteiger partial charge in [0.15, 0.2) is 0 Å². The number of carboxylic acid groups (broad SMARTS) is 1. The predicted molar refractivity (Wildman–Crippen MR) is 75.9 cm³/mol. The van der Waals surface area contributed by atoms with Crippen LogP contribution in [0, 0.1) is 5.92 Å². The van der Waals surface area contributed by atoms with Crippen LogP contribution in [0.4, 0.5) is 5.69 Å². The molecule has 0 radical (unpaired) electrons. The van der Waals surface area contributed by atoms with Crippen molar-refractivity contribution in [2.75, 3.05) is 18.0 Å². The number of rotatable bonds is 4. The number of piperidine rings is 1. The first-order chi connectivity index (χ1) is 8.65. The van der Waals surface area contributed by atoms with Crippen LogP contribution in [0.15, 0.2) is 28.7 Å². The van der Waals surface area contributed by atoms with E-state index in [-0.39, 0.29) is 6.42 Å². The van der Waals surface area contributed by atoms with Gasteiger partial charge in [-0.3, -0.25) is 4.79 Å². The van der Waals surface area contributed by atoms with Crippen molar-refractivity contribution in [2.24, 2.45) is 5.92 Å². The number of benzene rings is 1. The fourth-order valence-electron chi connectivity index (χ4n) is 2.54. The summed E-state index contributed by atoms with van der Waals surface area (Å²) in [5.41, 5.74) is 1.23. The Balaban J connectivity index is 1.96. The Bertz CT molecular complexity index is 422. The van der Waals surface area contributed by atoms with Crippen molar-refractivity contribution in [1.29, 1.82) is 0 Å². The molecule has 1 unspecified atom stereocenters. The topological polar surface area (TPSA) is 40.5 Å². The van der Waals surface area contributed by atoms with E-state index in [1.54, 1.807) is 0 Å². The van der Waals surface area contributed by atoms with Gasteiger partial charge in [0.05, 0.1) is 0 Å². The van der Waals surface area contributed by atoms with E-state index >= 15 is 0 Å². The molecule has 1 aliphatic heterocycles. The SMILES string of the molecule is O=C(O)CCC1CCCN(c2cccc(Br)c2)C1. The molecule has 0 aliphatic carbocycles. The molecule has 0 saturated carbocycles. The van der Waals surface area contributed by atoms with E-state index in [1.807, 2.05) is 12.1 Å². The molecule has 0 amide bonds. The van der Waals surface area contributed by atoms with Crippen molar-refractivity contribution in [3.05, 3.63) is 28.7 Å². The van der Waals surface area contributed by atoms with Crippen molar-refractivity contribution in [1.82, 2.24) is 0 Å². The van der Waals surface area contributed by atoms with E-state index in [4.69, 9.17) is 5.11 Å². The smallest absolute Gasteiger partial charge is 0.303 e. The second-order valence-electron chi connectivity index (χ2n) is 4.87. The van der Waals surface area contributed by atoms with Crippen LogP contribution in [-0.2, 0) is 4.79 Å². The number of aliphatic carboxylic acids is 1. The van der Waals surface area contributed by atoms with Gasteiger partial charge in [0.2, 0.25) is 0 Å². The maximum Gasteiger partial charge on any atom is 0.303 e. The molecule has 1 saturated heterocycles. The fraction of sp³-hybridized carbons (Fsp3) is 0.500. The lowest BCUT2D eigenvalue weighted by Gasteiger charge is -2.34. The first-order valence-electron chi connectivity index (χ1n) is 6.37. The van der Waals surface area contributed by atoms with E-state index in [9.17, 15) is 4.79 Å². The molecule has 1 N–H and O–H groups in total. The van der Waals surface area contributed by atoms with Gasteiger partial charge in [-0.05, 0) is 43.4 Å². The third-order valence-corrected chi connectivity index (χ3v) is 3.95. The summed E-state index contributed by atoms with van der Waals surface area (Å²) >= 11 is 3.49. The van der Waals surface area contributed by atoms with Gasteiger partial charge in [0.25, 0.3) is 0 Å². The van der Waals surface area contributed by atoms with E-state index in [2.05, 4.69) is 33.0 Å². The number of anilines is 1. The Labute approximate surface area is 116 Å². The average molecular weight is 312 g/mol. The molecule has 98 valence electrons. The summed E-state index contributed by atoms with van der Waals surface area (Å²) in [6.45, 7) is 2.05. The van der Waals surface area contributed by atoms with Crippen molar-refractivity contribution in [2.45, 2.75) is 25.7 Å². The van der Waals surface area contributed by atoms with Crippen LogP contribution in [-0.4, -0.2) is 24.2 Å². The van der Waals surface area contributed by atoms with Crippen molar-refractivity contribution < 1.29 is 9.90 Å². The van der Waals surface area contributed by atoms with Gasteiger partial charge in [-0.1, -0.05) is 22.0 Å². The third-order valence-electron chi connectivity index (χ3n) is 3.46. The molecule has 0 aromatic heterocycles. The molecule has 1 aromatic carbocycles. The largest absolute Gasteiger partial charge is 0.481 e. The number of carboxylic acids is 1. The molecule has 18 heavy (non-hydrogen) atoms. The number of halogens is 1. The summed E-state index contributed by atoms with van der Waals surface area (Å²) in [7, 11) is 0. The summed E-state index contributed by atoms with van der Waals surface area (Å²) < 4.78 is 1.09. The van der Waals surface area contributed by atoms with Crippen LogP contribution in [0.5, 0.6) is 0 Å². The van der Waals surface area contributed by atoms with E-state index < -0.39 is 5.97 Å². The first kappa shape index (κ1) is 13.4. The zero-order chi connectivity index (χ0) is 13.0. The second kappa shape index (κ2) is 6.23. The third kappa shape index (κ3) is 3.73. The highest BCUT2D eigenvalue weighted by Gasteiger charge is 2.20. The van der Waals surface area contributed by atoms with Crippen molar-refractivity contribution in [3.63, 3.8) is 0 Å². The van der Waals surface area contributed by atoms with E-state index in [1.165, 1.54) is 5.69 Å². The summed E-state index contributed by atoms with van der Waals surface area (Å²) in [5.74, 6) is -0.177. The standard InChI is InChI=1S/C14H18BrNO2/c15-12-4-1-5-13(9-12)16-8-2-3-11(10-16)6-7-14(17)18/h1,4-5,9,11H,2-3,6-8,10H2,(H,17,18). The Hall–Kier alpha value is -1.03. The quantitative estimate of drug-likeness (QED) is 0.924. The van der Waals surface area contributed by atoms with Crippen molar-refractivity contribution in [3.8, 4) is 0 Å². The molecule has 1 atom stereocenters. The highest BCUT2D eigenvalue weighted by atomic mass is 79.9. The lowest BCUT2D eigenvalue weighted by atomic mass is 9.93. The first-order valence-corrected chi connectivity index (χ1v) is 7.17. The van der Waals surface area contributed by atoms with Crippen LogP contribution in [0.25, 0.3) is 0 Å². The van der Waals surface area contributed by atoms with Gasteiger partial charge in [0.1, 0.15) is 0 Å². The highest BCUT2D eigenvalue weighted by molar-refractivity contribution is 9.10. The monoisotopic (exact) mass is 311 g/mol. The fourth-order valence-corrected chi connectivity index (χ4v) is 2.92. The zero-order valence-corrected chi connectivity index (χ0v) is 11.9. The molecule has 3 nitrogen and oxygen atoms in total. The van der Waals surface area contributed by atoms with Gasteiger partial charge >= 0.3 is 5.97 Å². The van der Waals surface area contributed by atoms with Gasteiger partial charge in [-0.25, -0.2) is 0 Å². The van der Waals surface area contributed by atoms with Gasteiger partial charge in [0, 0.05) is 29.7 Å². The minimum atomic E-state index is -0.686. The van der Waals surface area contributed by atoms with Gasteiger partial charge in [-0.2, -0.15) is 0 Å². The van der Waals surface area contributed by atoms with Crippen LogP contribution in [0.2, 0.25) is 0 Å². The number of hydrogen-bond acceptors (Lipinski definition) is 2. The second-order valence-corrected chi connectivity index (χ2v) is 5.78. The summed E-state index contributed by atoms with van der Waals surface area (Å²) in [5, 5.41) is 8.74. The van der Waals surface area contributed by atoms with Crippen LogP contribution in [0.3, 0.4) is 0 Å². The summed E-state index contributed by atoms with van der Waals surface area (Å²) in [6.07, 6.45) is 3.38. The molecule has 4 heteroatoms. The summed E-state index contributed by atoms with van der Waals surface area (Å²) in [4.78, 5) is 13.0. The maximum atomic E-state index is 10.6. The molecule has 1 heterocycles. The molecular weight excluding hydrogens is 294 g/mol. The minimum Gasteiger partial charge on any atom is -0.481 e. The number of nitrogens with zero attached hydrogens (tertiary/aromatic N) is 1. The highest BCUT2D eigenvalue weighted by Crippen LogP contribution is 2.27. The molecule has 1 fully saturated rings. The van der Waals surface area contributed by atoms with Crippen LogP contribution >= 0.6 is 15.9 Å². The van der Waals surface area contributed by atoms with E-state index in [0.717, 1.165) is 36.8 Å². The van der Waals surface area contributed by atoms with Gasteiger partial charge < -0.3 is 10.0 Å². The number of hydrogen-bond donors (Lipinski definition) is 1. The number of carbonyl (C=O) groups is 1. The Morgan fingerprint density at radius 2 is 2.33 bits per heavy atom. The van der Waals surface area contributed by atoms with Crippen molar-refractivity contribution >= 4 is 27.6 Å². The van der Waals surface area contributed by atoms with Gasteiger partial charge in [-0.15, -0.1) is 0 Å². The molecule has 1 aliphatic rings. The maximum absolute atomic E-state index is 10.6. The normalized spacial score (nSPS) is 19.8. The summed E-state index contributed by atoms with van der Waals surface area (Å²) in [6, 6.07) is 8.31. The Kier molecular flexibility index (Phi) is 4.64. The average Bonchev–Trinajstić information content (AvgIpc) is 2.37. The van der Waals surface area contributed by atoms with Crippen LogP contribution in [0.1, 0.15) is 25.7 Å². The minimum absolute atomic E-state index is 0.289. The predicted octanol–water partition coefficient (Wildman–Crippen LogP) is 3.53. The molecular formula is C14H18BrNO2.